The summed E-state index contributed by atoms with van der Waals surface area (Å²) in [5, 5.41) is 6.23. The second-order valence-corrected chi connectivity index (χ2v) is 16.2. The topological polar surface area (TPSA) is 3.24 Å². The van der Waals surface area contributed by atoms with Crippen LogP contribution >= 0.6 is 11.3 Å². The molecule has 0 saturated heterocycles. The summed E-state index contributed by atoms with van der Waals surface area (Å²) in [5.41, 5.74) is 14.5. The lowest BCUT2D eigenvalue weighted by Crippen LogP contribution is -2.10. The van der Waals surface area contributed by atoms with Gasteiger partial charge in [-0.1, -0.05) is 206 Å². The lowest BCUT2D eigenvalue weighted by molar-refractivity contribution is 1.30. The molecule has 0 radical (unpaired) electrons. The van der Waals surface area contributed by atoms with Gasteiger partial charge in [0, 0.05) is 42.9 Å². The van der Waals surface area contributed by atoms with E-state index in [0.29, 0.717) is 0 Å². The first-order chi connectivity index (χ1) is 29.8. The normalized spacial score (nSPS) is 11.3. The lowest BCUT2D eigenvalue weighted by atomic mass is 9.85. The number of nitrogens with zero attached hydrogens (tertiary/aromatic N) is 1. The Morgan fingerprint density at radius 2 is 0.733 bits per heavy atom. The van der Waals surface area contributed by atoms with Crippen molar-refractivity contribution < 1.29 is 0 Å². The van der Waals surface area contributed by atoms with Crippen molar-refractivity contribution in [2.45, 2.75) is 0 Å². The summed E-state index contributed by atoms with van der Waals surface area (Å²) in [6.07, 6.45) is 0. The Morgan fingerprint density at radius 3 is 1.42 bits per heavy atom. The van der Waals surface area contributed by atoms with Crippen LogP contribution in [0.25, 0.3) is 86.6 Å². The minimum Gasteiger partial charge on any atom is -0.310 e. The average molecular weight is 782 g/mol. The van der Waals surface area contributed by atoms with E-state index in [2.05, 4.69) is 241 Å². The quantitative estimate of drug-likeness (QED) is 0.148. The highest BCUT2D eigenvalue weighted by Gasteiger charge is 2.25. The predicted octanol–water partition coefficient (Wildman–Crippen LogP) is 17.0. The van der Waals surface area contributed by atoms with Crippen molar-refractivity contribution in [3.8, 4) is 54.9 Å². The van der Waals surface area contributed by atoms with E-state index in [1.165, 1.54) is 86.6 Å². The number of hydrogen-bond acceptors (Lipinski definition) is 2. The Hall–Kier alpha value is -7.52. The molecule has 1 heterocycles. The molecule has 0 atom stereocenters. The number of rotatable bonds is 8. The van der Waals surface area contributed by atoms with Gasteiger partial charge in [0.1, 0.15) is 0 Å². The van der Waals surface area contributed by atoms with Crippen LogP contribution in [0.1, 0.15) is 0 Å². The highest BCUT2D eigenvalue weighted by Crippen LogP contribution is 2.54. The maximum atomic E-state index is 2.38. The van der Waals surface area contributed by atoms with Crippen LogP contribution in [0.3, 0.4) is 0 Å². The molecule has 11 aromatic rings. The lowest BCUT2D eigenvalue weighted by Gasteiger charge is -2.27. The van der Waals surface area contributed by atoms with Crippen LogP contribution in [0.4, 0.5) is 17.1 Å². The summed E-state index contributed by atoms with van der Waals surface area (Å²) in [6, 6.07) is 85.9. The number of anilines is 3. The fourth-order valence-electron chi connectivity index (χ4n) is 8.92. The van der Waals surface area contributed by atoms with E-state index >= 15 is 0 Å². The highest BCUT2D eigenvalue weighted by atomic mass is 32.1. The molecule has 60 heavy (non-hydrogen) atoms. The monoisotopic (exact) mass is 781 g/mol. The van der Waals surface area contributed by atoms with Crippen molar-refractivity contribution in [3.63, 3.8) is 0 Å². The summed E-state index contributed by atoms with van der Waals surface area (Å²) >= 11 is 1.91. The van der Waals surface area contributed by atoms with Gasteiger partial charge in [-0.15, -0.1) is 11.3 Å². The van der Waals surface area contributed by atoms with E-state index < -0.39 is 0 Å². The molecule has 1 nitrogen and oxygen atoms in total. The molecule has 0 unspecified atom stereocenters. The van der Waals surface area contributed by atoms with Gasteiger partial charge < -0.3 is 4.90 Å². The number of fused-ring (bicyclic) bond motifs is 4. The fraction of sp³-hybridized carbons (Fsp3) is 0. The van der Waals surface area contributed by atoms with Crippen molar-refractivity contribution in [2.24, 2.45) is 0 Å². The van der Waals surface area contributed by atoms with Crippen LogP contribution in [-0.4, -0.2) is 0 Å². The molecule has 0 amide bonds. The second kappa shape index (κ2) is 15.3. The molecule has 0 spiro atoms. The first-order valence-electron chi connectivity index (χ1n) is 20.5. The van der Waals surface area contributed by atoms with Gasteiger partial charge in [-0.2, -0.15) is 0 Å². The van der Waals surface area contributed by atoms with E-state index in [9.17, 15) is 0 Å². The van der Waals surface area contributed by atoms with Crippen LogP contribution in [0, 0.1) is 0 Å². The van der Waals surface area contributed by atoms with Crippen LogP contribution in [0.2, 0.25) is 0 Å². The summed E-state index contributed by atoms with van der Waals surface area (Å²) in [7, 11) is 0. The van der Waals surface area contributed by atoms with Gasteiger partial charge in [-0.05, 0) is 85.4 Å². The number of benzene rings is 10. The maximum Gasteiger partial charge on any atom is 0.0540 e. The molecular formula is C58H39NS. The van der Waals surface area contributed by atoms with Gasteiger partial charge in [0.15, 0.2) is 0 Å². The van der Waals surface area contributed by atoms with E-state index in [-0.39, 0.29) is 0 Å². The van der Waals surface area contributed by atoms with Crippen LogP contribution in [0.5, 0.6) is 0 Å². The molecule has 0 bridgehead atoms. The maximum absolute atomic E-state index is 2.38. The van der Waals surface area contributed by atoms with Crippen molar-refractivity contribution in [1.82, 2.24) is 0 Å². The SMILES string of the molecule is c1ccc(-c2ccc(-c3c(-c4ccccc4)sc4c(-c5ccccc5)c(-c5ccc(N(c6ccccc6)c6cccc7ccccc67)cc5)c5ccccc5c34)cc2)cc1. The molecular weight excluding hydrogens is 743 g/mol. The Bertz CT molecular complexity index is 3260. The number of para-hydroxylation sites is 1. The third kappa shape index (κ3) is 6.26. The van der Waals surface area contributed by atoms with Crippen molar-refractivity contribution in [3.05, 3.63) is 237 Å². The molecule has 1 aromatic heterocycles. The molecule has 282 valence electrons. The summed E-state index contributed by atoms with van der Waals surface area (Å²) in [6.45, 7) is 0. The predicted molar refractivity (Wildman–Crippen MR) is 259 cm³/mol. The highest BCUT2D eigenvalue weighted by molar-refractivity contribution is 7.24. The zero-order chi connectivity index (χ0) is 39.8. The molecule has 0 N–H and O–H groups in total. The first kappa shape index (κ1) is 35.6. The molecule has 0 fully saturated rings. The molecule has 2 heteroatoms. The van der Waals surface area contributed by atoms with Gasteiger partial charge in [-0.25, -0.2) is 0 Å². The van der Waals surface area contributed by atoms with Crippen LogP contribution in [0.15, 0.2) is 237 Å². The average Bonchev–Trinajstić information content (AvgIpc) is 3.74. The molecule has 10 aromatic carbocycles. The number of hydrogen-bond donors (Lipinski definition) is 0. The van der Waals surface area contributed by atoms with Crippen molar-refractivity contribution >= 4 is 60.0 Å². The smallest absolute Gasteiger partial charge is 0.0540 e. The van der Waals surface area contributed by atoms with Crippen molar-refractivity contribution in [2.75, 3.05) is 4.90 Å². The third-order valence-electron chi connectivity index (χ3n) is 11.7. The zero-order valence-electron chi connectivity index (χ0n) is 32.9. The van der Waals surface area contributed by atoms with Crippen LogP contribution < -0.4 is 4.90 Å². The standard InChI is InChI=1S/C58H39NS/c1-5-18-40(19-6-1)41-32-34-45(35-33-41)55-56-51-30-16-15-29-50(51)53(54(43-21-7-2-8-22-43)58(56)60-57(55)46-23-9-3-10-24-46)44-36-38-48(39-37-44)59(47-26-11-4-12-27-47)52-31-17-25-42-20-13-14-28-49(42)52/h1-39H. The molecule has 0 aliphatic heterocycles. The van der Waals surface area contributed by atoms with E-state index in [1.54, 1.807) is 0 Å². The zero-order valence-corrected chi connectivity index (χ0v) is 33.7. The van der Waals surface area contributed by atoms with Gasteiger partial charge >= 0.3 is 0 Å². The summed E-state index contributed by atoms with van der Waals surface area (Å²) < 4.78 is 1.29. The van der Waals surface area contributed by atoms with Gasteiger partial charge in [0.2, 0.25) is 0 Å². The Balaban J connectivity index is 1.16. The Labute approximate surface area is 354 Å². The van der Waals surface area contributed by atoms with Crippen LogP contribution in [-0.2, 0) is 0 Å². The van der Waals surface area contributed by atoms with E-state index in [4.69, 9.17) is 0 Å². The summed E-state index contributed by atoms with van der Waals surface area (Å²) in [5.74, 6) is 0. The Morgan fingerprint density at radius 1 is 0.283 bits per heavy atom. The van der Waals surface area contributed by atoms with Gasteiger partial charge in [-0.3, -0.25) is 0 Å². The number of thiophene rings is 1. The molecule has 0 saturated carbocycles. The van der Waals surface area contributed by atoms with E-state index in [0.717, 1.165) is 17.1 Å². The third-order valence-corrected chi connectivity index (χ3v) is 12.9. The molecule has 0 aliphatic carbocycles. The minimum atomic E-state index is 1.11. The van der Waals surface area contributed by atoms with E-state index in [1.807, 2.05) is 11.3 Å². The van der Waals surface area contributed by atoms with Crippen molar-refractivity contribution in [1.29, 1.82) is 0 Å². The fourth-order valence-corrected chi connectivity index (χ4v) is 10.3. The minimum absolute atomic E-state index is 1.11. The van der Waals surface area contributed by atoms with Gasteiger partial charge in [0.25, 0.3) is 0 Å². The first-order valence-corrected chi connectivity index (χ1v) is 21.3. The summed E-state index contributed by atoms with van der Waals surface area (Å²) in [4.78, 5) is 3.66. The molecule has 0 aliphatic rings. The van der Waals surface area contributed by atoms with Gasteiger partial charge in [0.05, 0.1) is 5.69 Å². The Kier molecular flexibility index (Phi) is 9.11. The second-order valence-electron chi connectivity index (χ2n) is 15.2. The molecule has 11 rings (SSSR count). The largest absolute Gasteiger partial charge is 0.310 e.